The van der Waals surface area contributed by atoms with Gasteiger partial charge in [0.15, 0.2) is 0 Å². The van der Waals surface area contributed by atoms with Crippen molar-refractivity contribution in [1.82, 2.24) is 14.9 Å². The van der Waals surface area contributed by atoms with E-state index in [1.165, 1.54) is 5.69 Å². The predicted molar refractivity (Wildman–Crippen MR) is 40.7 cm³/mol. The van der Waals surface area contributed by atoms with Crippen molar-refractivity contribution in [2.45, 2.75) is 13.0 Å². The fraction of sp³-hybridized carbons (Fsp3) is 0.571. The summed E-state index contributed by atoms with van der Waals surface area (Å²) >= 11 is 0. The van der Waals surface area contributed by atoms with Gasteiger partial charge in [-0.3, -0.25) is 0 Å². The topological polar surface area (TPSA) is 29.9 Å². The van der Waals surface area contributed by atoms with Crippen LogP contribution in [0.2, 0.25) is 0 Å². The molecule has 0 saturated carbocycles. The standard InChI is InChI=1S/C7H13N3/c1-6(8-2)7-4-9-5-10(7)3/h4-6,8H,1-3H3/t6-/m0/s1. The Morgan fingerprint density at radius 2 is 2.40 bits per heavy atom. The molecule has 3 heteroatoms. The van der Waals surface area contributed by atoms with Gasteiger partial charge in [-0.25, -0.2) is 4.98 Å². The molecule has 0 spiro atoms. The van der Waals surface area contributed by atoms with E-state index in [0.29, 0.717) is 6.04 Å². The van der Waals surface area contributed by atoms with Crippen LogP contribution in [0.1, 0.15) is 18.7 Å². The highest BCUT2D eigenvalue weighted by atomic mass is 15.1. The molecule has 0 aromatic carbocycles. The number of nitrogens with one attached hydrogen (secondary N) is 1. The largest absolute Gasteiger partial charge is 0.336 e. The van der Waals surface area contributed by atoms with E-state index in [4.69, 9.17) is 0 Å². The van der Waals surface area contributed by atoms with Crippen molar-refractivity contribution < 1.29 is 0 Å². The normalized spacial score (nSPS) is 13.5. The van der Waals surface area contributed by atoms with Crippen molar-refractivity contribution in [2.24, 2.45) is 7.05 Å². The first-order valence-corrected chi connectivity index (χ1v) is 3.39. The first kappa shape index (κ1) is 7.28. The molecule has 1 heterocycles. The van der Waals surface area contributed by atoms with E-state index in [1.54, 1.807) is 0 Å². The molecule has 0 radical (unpaired) electrons. The van der Waals surface area contributed by atoms with Gasteiger partial charge in [-0.1, -0.05) is 0 Å². The second-order valence-electron chi connectivity index (χ2n) is 2.44. The number of nitrogens with zero attached hydrogens (tertiary/aromatic N) is 2. The highest BCUT2D eigenvalue weighted by Crippen LogP contribution is 2.07. The van der Waals surface area contributed by atoms with Gasteiger partial charge in [-0.2, -0.15) is 0 Å². The molecule has 1 N–H and O–H groups in total. The third kappa shape index (κ3) is 1.19. The number of imidazole rings is 1. The molecule has 0 amide bonds. The third-order valence-corrected chi connectivity index (χ3v) is 1.73. The van der Waals surface area contributed by atoms with E-state index in [0.717, 1.165) is 0 Å². The van der Waals surface area contributed by atoms with Crippen LogP contribution in [0.5, 0.6) is 0 Å². The lowest BCUT2D eigenvalue weighted by atomic mass is 10.2. The number of hydrogen-bond acceptors (Lipinski definition) is 2. The van der Waals surface area contributed by atoms with Crippen LogP contribution < -0.4 is 5.32 Å². The van der Waals surface area contributed by atoms with E-state index < -0.39 is 0 Å². The van der Waals surface area contributed by atoms with Crippen LogP contribution in [0.3, 0.4) is 0 Å². The Bertz CT molecular complexity index is 204. The van der Waals surface area contributed by atoms with Crippen molar-refractivity contribution in [1.29, 1.82) is 0 Å². The van der Waals surface area contributed by atoms with Gasteiger partial charge >= 0.3 is 0 Å². The minimum atomic E-state index is 0.382. The van der Waals surface area contributed by atoms with Gasteiger partial charge < -0.3 is 9.88 Å². The van der Waals surface area contributed by atoms with Gasteiger partial charge in [0.25, 0.3) is 0 Å². The SMILES string of the molecule is CN[C@@H](C)c1cncn1C. The van der Waals surface area contributed by atoms with E-state index in [9.17, 15) is 0 Å². The van der Waals surface area contributed by atoms with Crippen LogP contribution in [0.4, 0.5) is 0 Å². The summed E-state index contributed by atoms with van der Waals surface area (Å²) in [7, 11) is 3.94. The molecule has 56 valence electrons. The molecular formula is C7H13N3. The fourth-order valence-corrected chi connectivity index (χ4v) is 0.933. The van der Waals surface area contributed by atoms with Gasteiger partial charge in [-0.15, -0.1) is 0 Å². The molecule has 1 aromatic heterocycles. The average Bonchev–Trinajstić information content (AvgIpc) is 2.34. The summed E-state index contributed by atoms with van der Waals surface area (Å²) in [6, 6.07) is 0.382. The summed E-state index contributed by atoms with van der Waals surface area (Å²) in [5, 5.41) is 3.15. The van der Waals surface area contributed by atoms with E-state index in [2.05, 4.69) is 17.2 Å². The number of aryl methyl sites for hydroxylation is 1. The Labute approximate surface area is 61.1 Å². The maximum atomic E-state index is 4.01. The lowest BCUT2D eigenvalue weighted by Crippen LogP contribution is -2.15. The minimum absolute atomic E-state index is 0.382. The lowest BCUT2D eigenvalue weighted by Gasteiger charge is -2.09. The number of hydrogen-bond donors (Lipinski definition) is 1. The lowest BCUT2D eigenvalue weighted by molar-refractivity contribution is 0.605. The monoisotopic (exact) mass is 139 g/mol. The van der Waals surface area contributed by atoms with Crippen LogP contribution in [-0.2, 0) is 7.05 Å². The van der Waals surface area contributed by atoms with Crippen LogP contribution in [0.15, 0.2) is 12.5 Å². The maximum absolute atomic E-state index is 4.01. The smallest absolute Gasteiger partial charge is 0.0946 e. The van der Waals surface area contributed by atoms with Gasteiger partial charge in [0.2, 0.25) is 0 Å². The third-order valence-electron chi connectivity index (χ3n) is 1.73. The molecule has 0 fully saturated rings. The van der Waals surface area contributed by atoms with E-state index >= 15 is 0 Å². The van der Waals surface area contributed by atoms with Crippen molar-refractivity contribution in [3.05, 3.63) is 18.2 Å². The molecule has 0 unspecified atom stereocenters. The summed E-state index contributed by atoms with van der Waals surface area (Å²) in [5.74, 6) is 0. The van der Waals surface area contributed by atoms with Gasteiger partial charge in [0, 0.05) is 19.3 Å². The molecule has 0 bridgehead atoms. The first-order chi connectivity index (χ1) is 4.75. The van der Waals surface area contributed by atoms with Gasteiger partial charge in [-0.05, 0) is 14.0 Å². The highest BCUT2D eigenvalue weighted by Gasteiger charge is 2.04. The highest BCUT2D eigenvalue weighted by molar-refractivity contribution is 5.02. The average molecular weight is 139 g/mol. The van der Waals surface area contributed by atoms with Gasteiger partial charge in [0.1, 0.15) is 0 Å². The molecule has 10 heavy (non-hydrogen) atoms. The van der Waals surface area contributed by atoms with Gasteiger partial charge in [0.05, 0.1) is 12.0 Å². The Balaban J connectivity index is 2.82. The van der Waals surface area contributed by atoms with Crippen LogP contribution in [0, 0.1) is 0 Å². The van der Waals surface area contributed by atoms with E-state index in [1.807, 2.05) is 31.2 Å². The predicted octanol–water partition coefficient (Wildman–Crippen LogP) is 0.701. The zero-order valence-electron chi connectivity index (χ0n) is 6.63. The van der Waals surface area contributed by atoms with E-state index in [-0.39, 0.29) is 0 Å². The quantitative estimate of drug-likeness (QED) is 0.653. The van der Waals surface area contributed by atoms with Crippen LogP contribution in [-0.4, -0.2) is 16.6 Å². The summed E-state index contributed by atoms with van der Waals surface area (Å²) in [6.45, 7) is 2.11. The second-order valence-corrected chi connectivity index (χ2v) is 2.44. The molecule has 1 aromatic rings. The van der Waals surface area contributed by atoms with Crippen LogP contribution in [0.25, 0.3) is 0 Å². The second kappa shape index (κ2) is 2.84. The molecule has 0 aliphatic heterocycles. The van der Waals surface area contributed by atoms with Crippen molar-refractivity contribution in [2.75, 3.05) is 7.05 Å². The Hall–Kier alpha value is -0.830. The van der Waals surface area contributed by atoms with Crippen molar-refractivity contribution in [3.8, 4) is 0 Å². The molecule has 3 nitrogen and oxygen atoms in total. The minimum Gasteiger partial charge on any atom is -0.336 e. The molecule has 0 aliphatic rings. The summed E-state index contributed by atoms with van der Waals surface area (Å²) in [4.78, 5) is 4.01. The summed E-state index contributed by atoms with van der Waals surface area (Å²) in [6.07, 6.45) is 3.68. The maximum Gasteiger partial charge on any atom is 0.0946 e. The van der Waals surface area contributed by atoms with Crippen molar-refractivity contribution in [3.63, 3.8) is 0 Å². The molecule has 1 atom stereocenters. The number of rotatable bonds is 2. The molecular weight excluding hydrogens is 126 g/mol. The molecule has 0 saturated heterocycles. The summed E-state index contributed by atoms with van der Waals surface area (Å²) < 4.78 is 2.02. The summed E-state index contributed by atoms with van der Waals surface area (Å²) in [5.41, 5.74) is 1.21. The zero-order chi connectivity index (χ0) is 7.56. The molecule has 0 aliphatic carbocycles. The first-order valence-electron chi connectivity index (χ1n) is 3.39. The Kier molecular flexibility index (Phi) is 2.06. The van der Waals surface area contributed by atoms with Crippen LogP contribution >= 0.6 is 0 Å². The molecule has 1 rings (SSSR count). The zero-order valence-corrected chi connectivity index (χ0v) is 6.63. The number of aromatic nitrogens is 2. The Morgan fingerprint density at radius 3 is 2.80 bits per heavy atom. The van der Waals surface area contributed by atoms with Crippen molar-refractivity contribution >= 4 is 0 Å². The fourth-order valence-electron chi connectivity index (χ4n) is 0.933. The Morgan fingerprint density at radius 1 is 1.70 bits per heavy atom.